The Morgan fingerprint density at radius 2 is 1.76 bits per heavy atom. The Labute approximate surface area is 215 Å². The molecular formula is C25H35N5O7. The molecule has 0 spiro atoms. The topological polar surface area (TPSA) is 161 Å². The van der Waals surface area contributed by atoms with Crippen LogP contribution in [-0.4, -0.2) is 63.8 Å². The summed E-state index contributed by atoms with van der Waals surface area (Å²) in [7, 11) is 0. The smallest absolute Gasteiger partial charge is 0.328 e. The predicted molar refractivity (Wildman–Crippen MR) is 134 cm³/mol. The molecule has 0 radical (unpaired) electrons. The van der Waals surface area contributed by atoms with Gasteiger partial charge in [-0.05, 0) is 46.1 Å². The highest BCUT2D eigenvalue weighted by molar-refractivity contribution is 6.00. The number of aromatic amines is 1. The standard InChI is InChI=1S/C25H35N5O7/c1-7-36-20(32)10-9-18(25(35)37-8-2)27-24(34)22(14(3)4)28-23(33)21-15(5)29-30(16(21)6)17-11-12-26-19(31)13-17/h11-14,18,22H,7-10H2,1-6H3,(H,26,31)(H,27,34)(H,28,33)/t18-,22+/m1/s1. The average molecular weight is 518 g/mol. The number of esters is 2. The molecule has 12 nitrogen and oxygen atoms in total. The number of aryl methyl sites for hydroxylation is 1. The lowest BCUT2D eigenvalue weighted by Gasteiger charge is -2.25. The van der Waals surface area contributed by atoms with E-state index >= 15 is 0 Å². The van der Waals surface area contributed by atoms with Crippen LogP contribution in [0.2, 0.25) is 0 Å². The van der Waals surface area contributed by atoms with Crippen LogP contribution in [0, 0.1) is 19.8 Å². The lowest BCUT2D eigenvalue weighted by atomic mass is 10.0. The van der Waals surface area contributed by atoms with Crippen molar-refractivity contribution in [2.24, 2.45) is 5.92 Å². The molecule has 0 aliphatic heterocycles. The molecule has 12 heteroatoms. The first kappa shape index (κ1) is 29.3. The number of pyridine rings is 1. The largest absolute Gasteiger partial charge is 0.466 e. The summed E-state index contributed by atoms with van der Waals surface area (Å²) in [5.74, 6) is -2.63. The summed E-state index contributed by atoms with van der Waals surface area (Å²) >= 11 is 0. The van der Waals surface area contributed by atoms with Crippen molar-refractivity contribution in [2.75, 3.05) is 13.2 Å². The van der Waals surface area contributed by atoms with E-state index in [0.717, 1.165) is 0 Å². The van der Waals surface area contributed by atoms with Gasteiger partial charge in [0, 0.05) is 18.7 Å². The molecule has 0 bridgehead atoms. The van der Waals surface area contributed by atoms with E-state index in [2.05, 4.69) is 20.7 Å². The van der Waals surface area contributed by atoms with E-state index in [4.69, 9.17) is 9.47 Å². The van der Waals surface area contributed by atoms with E-state index in [0.29, 0.717) is 17.1 Å². The van der Waals surface area contributed by atoms with Crippen LogP contribution in [0.4, 0.5) is 0 Å². The lowest BCUT2D eigenvalue weighted by Crippen LogP contribution is -2.54. The fourth-order valence-corrected chi connectivity index (χ4v) is 3.78. The van der Waals surface area contributed by atoms with Gasteiger partial charge >= 0.3 is 11.9 Å². The van der Waals surface area contributed by atoms with Gasteiger partial charge in [-0.1, -0.05) is 13.8 Å². The van der Waals surface area contributed by atoms with Crippen molar-refractivity contribution >= 4 is 23.8 Å². The molecule has 2 amide bonds. The van der Waals surface area contributed by atoms with Gasteiger partial charge in [-0.2, -0.15) is 5.10 Å². The second-order valence-corrected chi connectivity index (χ2v) is 8.72. The second-order valence-electron chi connectivity index (χ2n) is 8.72. The van der Waals surface area contributed by atoms with Crippen molar-refractivity contribution < 1.29 is 28.7 Å². The minimum absolute atomic E-state index is 0.0106. The maximum atomic E-state index is 13.3. The van der Waals surface area contributed by atoms with Gasteiger partial charge in [-0.15, -0.1) is 0 Å². The van der Waals surface area contributed by atoms with E-state index < -0.39 is 35.8 Å². The molecule has 2 heterocycles. The van der Waals surface area contributed by atoms with Crippen molar-refractivity contribution in [1.82, 2.24) is 25.4 Å². The van der Waals surface area contributed by atoms with E-state index in [1.54, 1.807) is 47.6 Å². The number of amides is 2. The van der Waals surface area contributed by atoms with Crippen LogP contribution >= 0.6 is 0 Å². The Kier molecular flexibility index (Phi) is 10.6. The molecule has 0 aliphatic rings. The van der Waals surface area contributed by atoms with Gasteiger partial charge in [-0.25, -0.2) is 9.48 Å². The summed E-state index contributed by atoms with van der Waals surface area (Å²) in [6.07, 6.45) is 1.38. The molecule has 202 valence electrons. The van der Waals surface area contributed by atoms with Gasteiger partial charge in [-0.3, -0.25) is 19.2 Å². The zero-order chi connectivity index (χ0) is 27.7. The fourth-order valence-electron chi connectivity index (χ4n) is 3.78. The normalized spacial score (nSPS) is 12.5. The first-order valence-electron chi connectivity index (χ1n) is 12.2. The van der Waals surface area contributed by atoms with Gasteiger partial charge in [0.25, 0.3) is 5.91 Å². The summed E-state index contributed by atoms with van der Waals surface area (Å²) in [5, 5.41) is 9.73. The molecule has 2 atom stereocenters. The minimum atomic E-state index is -1.09. The molecule has 2 aromatic heterocycles. The van der Waals surface area contributed by atoms with Crippen LogP contribution in [-0.2, 0) is 23.9 Å². The summed E-state index contributed by atoms with van der Waals surface area (Å²) in [6.45, 7) is 10.5. The molecule has 0 saturated heterocycles. The van der Waals surface area contributed by atoms with Crippen molar-refractivity contribution in [2.45, 2.75) is 66.5 Å². The van der Waals surface area contributed by atoms with Crippen molar-refractivity contribution in [3.8, 4) is 5.69 Å². The zero-order valence-corrected chi connectivity index (χ0v) is 22.0. The number of nitrogens with zero attached hydrogens (tertiary/aromatic N) is 2. The number of aromatic nitrogens is 3. The fraction of sp³-hybridized carbons (Fsp3) is 0.520. The lowest BCUT2D eigenvalue weighted by molar-refractivity contribution is -0.149. The minimum Gasteiger partial charge on any atom is -0.466 e. The first-order chi connectivity index (χ1) is 17.5. The second kappa shape index (κ2) is 13.4. The van der Waals surface area contributed by atoms with Crippen molar-refractivity contribution in [3.05, 3.63) is 45.6 Å². The average Bonchev–Trinajstić information content (AvgIpc) is 3.13. The Balaban J connectivity index is 2.23. The molecule has 0 fully saturated rings. The number of carbonyl (C=O) groups is 4. The highest BCUT2D eigenvalue weighted by atomic mass is 16.5. The first-order valence-corrected chi connectivity index (χ1v) is 12.2. The Morgan fingerprint density at radius 1 is 1.08 bits per heavy atom. The number of rotatable bonds is 12. The highest BCUT2D eigenvalue weighted by Crippen LogP contribution is 2.18. The number of H-pyrrole nitrogens is 1. The van der Waals surface area contributed by atoms with Gasteiger partial charge in [0.05, 0.1) is 35.9 Å². The maximum absolute atomic E-state index is 13.3. The van der Waals surface area contributed by atoms with Crippen LogP contribution in [0.15, 0.2) is 23.1 Å². The zero-order valence-electron chi connectivity index (χ0n) is 22.0. The molecule has 0 saturated carbocycles. The summed E-state index contributed by atoms with van der Waals surface area (Å²) in [4.78, 5) is 64.9. The number of carbonyl (C=O) groups excluding carboxylic acids is 4. The van der Waals surface area contributed by atoms with E-state index in [-0.39, 0.29) is 43.1 Å². The molecule has 0 aliphatic carbocycles. The predicted octanol–water partition coefficient (Wildman–Crippen LogP) is 1.32. The van der Waals surface area contributed by atoms with Crippen LogP contribution in [0.1, 0.15) is 62.3 Å². The molecule has 2 aromatic rings. The number of hydrogen-bond donors (Lipinski definition) is 3. The van der Waals surface area contributed by atoms with Crippen molar-refractivity contribution in [1.29, 1.82) is 0 Å². The maximum Gasteiger partial charge on any atom is 0.328 e. The van der Waals surface area contributed by atoms with Gasteiger partial charge in [0.1, 0.15) is 12.1 Å². The molecule has 0 unspecified atom stereocenters. The summed E-state index contributed by atoms with van der Waals surface area (Å²) < 4.78 is 11.4. The highest BCUT2D eigenvalue weighted by Gasteiger charge is 2.31. The SMILES string of the molecule is CCOC(=O)CC[C@@H](NC(=O)[C@@H](NC(=O)c1c(C)nn(-c2cc[nH]c(=O)c2)c1C)C(C)C)C(=O)OCC. The number of ether oxygens (including phenoxy) is 2. The molecule has 2 rings (SSSR count). The molecule has 0 aromatic carbocycles. The molecular weight excluding hydrogens is 482 g/mol. The van der Waals surface area contributed by atoms with Gasteiger partial charge in [0.2, 0.25) is 11.5 Å². The number of nitrogens with one attached hydrogen (secondary N) is 3. The quantitative estimate of drug-likeness (QED) is 0.355. The molecule has 3 N–H and O–H groups in total. The van der Waals surface area contributed by atoms with Gasteiger partial charge in [0.15, 0.2) is 0 Å². The molecule has 37 heavy (non-hydrogen) atoms. The summed E-state index contributed by atoms with van der Waals surface area (Å²) in [5.41, 5.74) is 1.34. The summed E-state index contributed by atoms with van der Waals surface area (Å²) in [6, 6.07) is 0.932. The van der Waals surface area contributed by atoms with E-state index in [9.17, 15) is 24.0 Å². The Morgan fingerprint density at radius 3 is 2.35 bits per heavy atom. The third-order valence-corrected chi connectivity index (χ3v) is 5.59. The third kappa shape index (κ3) is 7.76. The van der Waals surface area contributed by atoms with Crippen molar-refractivity contribution in [3.63, 3.8) is 0 Å². The third-order valence-electron chi connectivity index (χ3n) is 5.59. The van der Waals surface area contributed by atoms with Crippen LogP contribution in [0.3, 0.4) is 0 Å². The van der Waals surface area contributed by atoms with Crippen LogP contribution < -0.4 is 16.2 Å². The van der Waals surface area contributed by atoms with E-state index in [1.165, 1.54) is 16.9 Å². The van der Waals surface area contributed by atoms with Crippen LogP contribution in [0.25, 0.3) is 5.69 Å². The van der Waals surface area contributed by atoms with E-state index in [1.807, 2.05) is 0 Å². The number of hydrogen-bond acceptors (Lipinski definition) is 8. The Bertz CT molecular complexity index is 1180. The Hall–Kier alpha value is -3.96. The van der Waals surface area contributed by atoms with Crippen LogP contribution in [0.5, 0.6) is 0 Å². The van der Waals surface area contributed by atoms with Gasteiger partial charge < -0.3 is 25.1 Å². The monoisotopic (exact) mass is 517 g/mol.